The Kier molecular flexibility index (Phi) is 8.31. The van der Waals surface area contributed by atoms with Crippen molar-refractivity contribution in [2.75, 3.05) is 46.3 Å². The van der Waals surface area contributed by atoms with E-state index < -0.39 is 0 Å². The molecule has 25 heavy (non-hydrogen) atoms. The maximum atomic E-state index is 4.59. The van der Waals surface area contributed by atoms with Crippen molar-refractivity contribution in [2.24, 2.45) is 22.2 Å². The maximum absolute atomic E-state index is 4.59. The second-order valence-electron chi connectivity index (χ2n) is 8.97. The van der Waals surface area contributed by atoms with Crippen LogP contribution in [-0.2, 0) is 0 Å². The van der Waals surface area contributed by atoms with Crippen LogP contribution in [0.2, 0.25) is 0 Å². The van der Waals surface area contributed by atoms with Crippen LogP contribution < -0.4 is 5.32 Å². The Morgan fingerprint density at radius 2 is 1.92 bits per heavy atom. The van der Waals surface area contributed by atoms with Crippen molar-refractivity contribution < 1.29 is 0 Å². The minimum Gasteiger partial charge on any atom is -0.356 e. The molecule has 1 unspecified atom stereocenters. The summed E-state index contributed by atoms with van der Waals surface area (Å²) in [7, 11) is 1.95. The van der Waals surface area contributed by atoms with Gasteiger partial charge in [-0.1, -0.05) is 26.7 Å². The van der Waals surface area contributed by atoms with Gasteiger partial charge >= 0.3 is 0 Å². The molecule has 1 aliphatic carbocycles. The van der Waals surface area contributed by atoms with Crippen LogP contribution in [0, 0.1) is 17.3 Å². The number of aliphatic imine (C=N–C) groups is 1. The third kappa shape index (κ3) is 5.72. The fourth-order valence-electron chi connectivity index (χ4n) is 5.22. The van der Waals surface area contributed by atoms with Crippen LogP contribution in [0.1, 0.15) is 58.8 Å². The van der Waals surface area contributed by atoms with E-state index in [1.165, 1.54) is 77.7 Å². The van der Waals surface area contributed by atoms with Crippen molar-refractivity contribution in [3.05, 3.63) is 0 Å². The van der Waals surface area contributed by atoms with Crippen LogP contribution in [0.25, 0.3) is 0 Å². The minimum atomic E-state index is 0. The average Bonchev–Trinajstić information content (AvgIpc) is 3.18. The van der Waals surface area contributed by atoms with Crippen molar-refractivity contribution in [1.82, 2.24) is 15.1 Å². The lowest BCUT2D eigenvalue weighted by atomic mass is 9.86. The Morgan fingerprint density at radius 3 is 2.60 bits per heavy atom. The molecule has 3 fully saturated rings. The van der Waals surface area contributed by atoms with Crippen LogP contribution in [0.15, 0.2) is 4.99 Å². The fraction of sp³-hybridized carbons (Fsp3) is 0.950. The first kappa shape index (κ1) is 21.3. The Hall–Kier alpha value is -0.0400. The van der Waals surface area contributed by atoms with Crippen LogP contribution in [0.4, 0.5) is 0 Å². The minimum absolute atomic E-state index is 0. The number of nitrogens with one attached hydrogen (secondary N) is 1. The number of hydrogen-bond donors (Lipinski definition) is 1. The second-order valence-corrected chi connectivity index (χ2v) is 8.97. The molecule has 1 saturated carbocycles. The lowest BCUT2D eigenvalue weighted by Gasteiger charge is -2.34. The van der Waals surface area contributed by atoms with Crippen LogP contribution >= 0.6 is 24.0 Å². The molecule has 0 bridgehead atoms. The first-order chi connectivity index (χ1) is 11.6. The number of piperidine rings is 1. The van der Waals surface area contributed by atoms with Crippen molar-refractivity contribution >= 4 is 29.9 Å². The summed E-state index contributed by atoms with van der Waals surface area (Å²) in [6.45, 7) is 12.0. The number of hydrogen-bond acceptors (Lipinski definition) is 2. The van der Waals surface area contributed by atoms with Gasteiger partial charge < -0.3 is 15.1 Å². The van der Waals surface area contributed by atoms with E-state index in [9.17, 15) is 0 Å². The van der Waals surface area contributed by atoms with Gasteiger partial charge in [0.1, 0.15) is 0 Å². The lowest BCUT2D eigenvalue weighted by Crippen LogP contribution is -2.46. The van der Waals surface area contributed by atoms with Crippen molar-refractivity contribution in [3.63, 3.8) is 0 Å². The third-order valence-corrected chi connectivity index (χ3v) is 6.39. The predicted octanol–water partition coefficient (Wildman–Crippen LogP) is 3.81. The van der Waals surface area contributed by atoms with Crippen LogP contribution in [0.3, 0.4) is 0 Å². The van der Waals surface area contributed by atoms with Crippen LogP contribution in [0.5, 0.6) is 0 Å². The van der Waals surface area contributed by atoms with Gasteiger partial charge in [0, 0.05) is 39.8 Å². The Bertz CT molecular complexity index is 431. The molecular weight excluding hydrogens is 423 g/mol. The molecule has 3 rings (SSSR count). The van der Waals surface area contributed by atoms with E-state index in [-0.39, 0.29) is 24.0 Å². The summed E-state index contributed by atoms with van der Waals surface area (Å²) in [5, 5.41) is 3.71. The maximum Gasteiger partial charge on any atom is 0.193 e. The topological polar surface area (TPSA) is 30.9 Å². The molecule has 0 aromatic rings. The zero-order chi connectivity index (χ0) is 17.0. The predicted molar refractivity (Wildman–Crippen MR) is 118 cm³/mol. The van der Waals surface area contributed by atoms with Gasteiger partial charge in [-0.25, -0.2) is 0 Å². The van der Waals surface area contributed by atoms with E-state index in [1.54, 1.807) is 0 Å². The standard InChI is InChI=1S/C20H38N4.HI/c1-17(2)14-23-11-6-7-18(15-23)13-22-19(21-3)24-12-10-20(16-24)8-4-5-9-20;/h17-18H,4-16H2,1-3H3,(H,21,22);1H. The SMILES string of the molecule is CN=C(NCC1CCCN(CC(C)C)C1)N1CCC2(CCCC2)C1.I. The second kappa shape index (κ2) is 9.77. The van der Waals surface area contributed by atoms with E-state index >= 15 is 0 Å². The average molecular weight is 462 g/mol. The van der Waals surface area contributed by atoms with Gasteiger partial charge in [-0.3, -0.25) is 4.99 Å². The van der Waals surface area contributed by atoms with Gasteiger partial charge in [0.2, 0.25) is 0 Å². The molecule has 3 aliphatic rings. The summed E-state index contributed by atoms with van der Waals surface area (Å²) in [6.07, 6.45) is 9.84. The molecular formula is C20H39IN4. The summed E-state index contributed by atoms with van der Waals surface area (Å²) < 4.78 is 0. The zero-order valence-corrected chi connectivity index (χ0v) is 18.9. The molecule has 0 amide bonds. The van der Waals surface area contributed by atoms with Gasteiger partial charge in [-0.05, 0) is 55.9 Å². The first-order valence-electron chi connectivity index (χ1n) is 10.3. The Labute approximate surface area is 172 Å². The molecule has 4 nitrogen and oxygen atoms in total. The van der Waals surface area contributed by atoms with Gasteiger partial charge in [0.05, 0.1) is 0 Å². The molecule has 2 saturated heterocycles. The highest BCUT2D eigenvalue weighted by atomic mass is 127. The van der Waals surface area contributed by atoms with Crippen LogP contribution in [-0.4, -0.2) is 62.1 Å². The van der Waals surface area contributed by atoms with E-state index in [1.807, 2.05) is 7.05 Å². The molecule has 1 N–H and O–H groups in total. The van der Waals surface area contributed by atoms with Gasteiger partial charge in [-0.15, -0.1) is 24.0 Å². The number of guanidine groups is 1. The van der Waals surface area contributed by atoms with Gasteiger partial charge in [-0.2, -0.15) is 0 Å². The molecule has 1 atom stereocenters. The largest absolute Gasteiger partial charge is 0.356 e. The first-order valence-corrected chi connectivity index (χ1v) is 10.3. The van der Waals surface area contributed by atoms with E-state index in [4.69, 9.17) is 0 Å². The van der Waals surface area contributed by atoms with Gasteiger partial charge in [0.15, 0.2) is 5.96 Å². The van der Waals surface area contributed by atoms with E-state index in [0.717, 1.165) is 24.3 Å². The molecule has 2 aliphatic heterocycles. The quantitative estimate of drug-likeness (QED) is 0.392. The summed E-state index contributed by atoms with van der Waals surface area (Å²) in [5.41, 5.74) is 0.622. The normalized spacial score (nSPS) is 27.1. The summed E-state index contributed by atoms with van der Waals surface area (Å²) >= 11 is 0. The highest BCUT2D eigenvalue weighted by Crippen LogP contribution is 2.45. The molecule has 0 radical (unpaired) electrons. The molecule has 146 valence electrons. The molecule has 0 aromatic heterocycles. The van der Waals surface area contributed by atoms with Crippen molar-refractivity contribution in [2.45, 2.75) is 58.8 Å². The number of likely N-dealkylation sites (tertiary alicyclic amines) is 2. The number of nitrogens with zero attached hydrogens (tertiary/aromatic N) is 3. The highest BCUT2D eigenvalue weighted by Gasteiger charge is 2.41. The fourth-order valence-corrected chi connectivity index (χ4v) is 5.22. The Morgan fingerprint density at radius 1 is 1.16 bits per heavy atom. The molecule has 5 heteroatoms. The third-order valence-electron chi connectivity index (χ3n) is 6.39. The highest BCUT2D eigenvalue weighted by molar-refractivity contribution is 14.0. The monoisotopic (exact) mass is 462 g/mol. The van der Waals surface area contributed by atoms with E-state index in [0.29, 0.717) is 5.41 Å². The molecule has 1 spiro atoms. The smallest absolute Gasteiger partial charge is 0.193 e. The summed E-state index contributed by atoms with van der Waals surface area (Å²) in [5.74, 6) is 2.70. The van der Waals surface area contributed by atoms with E-state index in [2.05, 4.69) is 34.0 Å². The zero-order valence-electron chi connectivity index (χ0n) is 16.6. The molecule has 2 heterocycles. The summed E-state index contributed by atoms with van der Waals surface area (Å²) in [6, 6.07) is 0. The number of rotatable bonds is 4. The summed E-state index contributed by atoms with van der Waals surface area (Å²) in [4.78, 5) is 9.78. The Balaban J connectivity index is 0.00000225. The van der Waals surface area contributed by atoms with Crippen molar-refractivity contribution in [1.29, 1.82) is 0 Å². The van der Waals surface area contributed by atoms with Gasteiger partial charge in [0.25, 0.3) is 0 Å². The molecule has 0 aromatic carbocycles. The lowest BCUT2D eigenvalue weighted by molar-refractivity contribution is 0.159. The number of halogens is 1. The van der Waals surface area contributed by atoms with Crippen molar-refractivity contribution in [3.8, 4) is 0 Å².